The first-order valence-electron chi connectivity index (χ1n) is 13.3. The molecule has 1 aliphatic carbocycles. The van der Waals surface area contributed by atoms with Gasteiger partial charge in [0.1, 0.15) is 11.2 Å². The number of pyridine rings is 1. The van der Waals surface area contributed by atoms with E-state index in [1.807, 2.05) is 6.20 Å². The Morgan fingerprint density at radius 3 is 2.48 bits per heavy atom. The smallest absolute Gasteiger partial charge is 0.336 e. The normalized spacial score (nSPS) is 15.5. The Bertz CT molecular complexity index is 1670. The average Bonchev–Trinajstić information content (AvgIpc) is 3.47. The molecular formula is C28H26F4N8O2. The highest BCUT2D eigenvalue weighted by Gasteiger charge is 2.36. The summed E-state index contributed by atoms with van der Waals surface area (Å²) in [5.41, 5.74) is 2.54. The number of amides is 3. The van der Waals surface area contributed by atoms with Gasteiger partial charge in [-0.1, -0.05) is 18.7 Å². The maximum atomic E-state index is 13.4. The summed E-state index contributed by atoms with van der Waals surface area (Å²) in [5, 5.41) is 14.8. The van der Waals surface area contributed by atoms with Gasteiger partial charge in [-0.2, -0.15) is 23.4 Å². The molecule has 1 saturated heterocycles. The lowest BCUT2D eigenvalue weighted by Gasteiger charge is -2.39. The lowest BCUT2D eigenvalue weighted by atomic mass is 10.0. The number of carbonyl (C=O) groups excluding carboxylic acids is 2. The Balaban J connectivity index is 1.32. The molecule has 3 aromatic heterocycles. The second kappa shape index (κ2) is 10.6. The molecule has 0 atom stereocenters. The number of nitrogens with zero attached hydrogens (tertiary/aromatic N) is 6. The van der Waals surface area contributed by atoms with E-state index in [4.69, 9.17) is 5.10 Å². The number of hydrogen-bond acceptors (Lipinski definition) is 5. The first kappa shape index (κ1) is 27.4. The van der Waals surface area contributed by atoms with Crippen LogP contribution in [0.1, 0.15) is 24.4 Å². The molecule has 218 valence electrons. The lowest BCUT2D eigenvalue weighted by molar-refractivity contribution is -0.137. The van der Waals surface area contributed by atoms with Crippen LogP contribution in [0.15, 0.2) is 61.3 Å². The van der Waals surface area contributed by atoms with Gasteiger partial charge in [-0.25, -0.2) is 9.18 Å². The number of carbonyl (C=O) groups is 2. The van der Waals surface area contributed by atoms with E-state index in [0.717, 1.165) is 36.1 Å². The van der Waals surface area contributed by atoms with Gasteiger partial charge in [0.25, 0.3) is 5.91 Å². The number of halogens is 4. The molecule has 0 unspecified atom stereocenters. The molecule has 2 aliphatic rings. The summed E-state index contributed by atoms with van der Waals surface area (Å²) in [6, 6.07) is 6.16. The average molecular weight is 583 g/mol. The van der Waals surface area contributed by atoms with Crippen LogP contribution in [0.25, 0.3) is 33.4 Å². The molecule has 42 heavy (non-hydrogen) atoms. The number of hydrogen-bond donors (Lipinski definition) is 2. The Morgan fingerprint density at radius 2 is 1.81 bits per heavy atom. The largest absolute Gasteiger partial charge is 0.416 e. The van der Waals surface area contributed by atoms with E-state index in [9.17, 15) is 27.2 Å². The van der Waals surface area contributed by atoms with Crippen molar-refractivity contribution in [2.24, 2.45) is 0 Å². The molecule has 1 aliphatic heterocycles. The van der Waals surface area contributed by atoms with Crippen molar-refractivity contribution in [2.45, 2.75) is 37.6 Å². The highest BCUT2D eigenvalue weighted by molar-refractivity contribution is 5.99. The fourth-order valence-corrected chi connectivity index (χ4v) is 4.89. The maximum absolute atomic E-state index is 13.4. The topological polar surface area (TPSA) is 110 Å². The Morgan fingerprint density at radius 1 is 1.07 bits per heavy atom. The van der Waals surface area contributed by atoms with E-state index in [1.54, 1.807) is 27.8 Å². The van der Waals surface area contributed by atoms with Crippen LogP contribution < -0.4 is 10.6 Å². The summed E-state index contributed by atoms with van der Waals surface area (Å²) in [5.74, 6) is -1.86. The van der Waals surface area contributed by atoms with Gasteiger partial charge < -0.3 is 15.5 Å². The van der Waals surface area contributed by atoms with Gasteiger partial charge in [-0.15, -0.1) is 0 Å². The Kier molecular flexibility index (Phi) is 6.91. The van der Waals surface area contributed by atoms with Gasteiger partial charge in [0.05, 0.1) is 29.9 Å². The molecule has 1 saturated carbocycles. The van der Waals surface area contributed by atoms with Gasteiger partial charge in [-0.05, 0) is 31.0 Å². The summed E-state index contributed by atoms with van der Waals surface area (Å²) in [7, 11) is 0. The van der Waals surface area contributed by atoms with Gasteiger partial charge >= 0.3 is 12.2 Å². The number of urea groups is 1. The first-order chi connectivity index (χ1) is 20.1. The molecule has 2 N–H and O–H groups in total. The van der Waals surface area contributed by atoms with Crippen molar-refractivity contribution < 1.29 is 27.2 Å². The molecule has 0 radical (unpaired) electrons. The number of fused-ring (bicyclic) bond motifs is 1. The number of rotatable bonds is 8. The summed E-state index contributed by atoms with van der Waals surface area (Å²) in [4.78, 5) is 29.8. The van der Waals surface area contributed by atoms with Crippen molar-refractivity contribution >= 4 is 23.0 Å². The van der Waals surface area contributed by atoms with Crippen molar-refractivity contribution in [3.05, 3.63) is 66.9 Å². The molecule has 3 amide bonds. The van der Waals surface area contributed by atoms with E-state index in [2.05, 4.69) is 27.3 Å². The third-order valence-electron chi connectivity index (χ3n) is 7.28. The minimum Gasteiger partial charge on any atom is -0.336 e. The quantitative estimate of drug-likeness (QED) is 0.238. The zero-order chi connectivity index (χ0) is 29.6. The van der Waals surface area contributed by atoms with E-state index in [1.165, 1.54) is 17.0 Å². The van der Waals surface area contributed by atoms with Crippen LogP contribution >= 0.6 is 0 Å². The fourth-order valence-electron chi connectivity index (χ4n) is 4.89. The number of alkyl halides is 3. The predicted octanol–water partition coefficient (Wildman–Crippen LogP) is 4.31. The summed E-state index contributed by atoms with van der Waals surface area (Å²) in [6.07, 6.45) is 2.57. The molecule has 0 spiro atoms. The zero-order valence-electron chi connectivity index (χ0n) is 22.2. The molecule has 4 aromatic rings. The van der Waals surface area contributed by atoms with Crippen molar-refractivity contribution in [2.75, 3.05) is 19.6 Å². The fraction of sp³-hybridized carbons (Fsp3) is 0.321. The minimum atomic E-state index is -4.48. The van der Waals surface area contributed by atoms with Gasteiger partial charge in [0.15, 0.2) is 5.83 Å². The summed E-state index contributed by atoms with van der Waals surface area (Å²) >= 11 is 0. The van der Waals surface area contributed by atoms with Crippen molar-refractivity contribution in [1.29, 1.82) is 0 Å². The van der Waals surface area contributed by atoms with E-state index >= 15 is 0 Å². The second-order valence-electron chi connectivity index (χ2n) is 10.4. The van der Waals surface area contributed by atoms with Crippen molar-refractivity contribution in [1.82, 2.24) is 40.1 Å². The molecular weight excluding hydrogens is 556 g/mol. The van der Waals surface area contributed by atoms with Crippen molar-refractivity contribution in [3.63, 3.8) is 0 Å². The van der Waals surface area contributed by atoms with Crippen LogP contribution in [0.2, 0.25) is 0 Å². The first-order valence-corrected chi connectivity index (χ1v) is 13.3. The zero-order valence-corrected chi connectivity index (χ0v) is 22.2. The monoisotopic (exact) mass is 582 g/mol. The van der Waals surface area contributed by atoms with Gasteiger partial charge in [0.2, 0.25) is 0 Å². The standard InChI is InChI=1S/C28H26F4N8O2/c1-16(29)26(41)38-14-21(15-38)40-25-22(18-12-35-39(13-18)11-10-34-27(42)36-20-6-7-20)8-9-33-24(25)23(37-40)17-2-4-19(5-3-17)28(30,31)32/h2-5,8-9,12-13,20-21H,1,6-7,10-11,14-15H2,(H2,34,36,42). The number of benzene rings is 1. The molecule has 0 bridgehead atoms. The number of nitrogens with one attached hydrogen (secondary N) is 2. The van der Waals surface area contributed by atoms with Gasteiger partial charge in [0, 0.05) is 54.8 Å². The van der Waals surface area contributed by atoms with Gasteiger partial charge in [-0.3, -0.25) is 19.1 Å². The Labute approximate surface area is 237 Å². The third kappa shape index (κ3) is 5.43. The van der Waals surface area contributed by atoms with Crippen LogP contribution in [-0.4, -0.2) is 67.1 Å². The lowest BCUT2D eigenvalue weighted by Crippen LogP contribution is -2.51. The van der Waals surface area contributed by atoms with E-state index in [0.29, 0.717) is 35.4 Å². The van der Waals surface area contributed by atoms with Crippen LogP contribution in [0.3, 0.4) is 0 Å². The van der Waals surface area contributed by atoms with Crippen LogP contribution in [0.5, 0.6) is 0 Å². The molecule has 1 aromatic carbocycles. The SMILES string of the molecule is C=C(F)C(=O)N1CC(n2nc(-c3ccc(C(F)(F)F)cc3)c3nccc(-c4cnn(CCNC(=O)NC5CC5)c4)c32)C1. The summed E-state index contributed by atoms with van der Waals surface area (Å²) in [6.45, 7) is 4.21. The number of likely N-dealkylation sites (tertiary alicyclic amines) is 1. The minimum absolute atomic E-state index is 0.174. The van der Waals surface area contributed by atoms with Crippen molar-refractivity contribution in [3.8, 4) is 22.4 Å². The van der Waals surface area contributed by atoms with E-state index < -0.39 is 23.5 Å². The van der Waals surface area contributed by atoms with Crippen LogP contribution in [0, 0.1) is 0 Å². The Hall–Kier alpha value is -4.75. The van der Waals surface area contributed by atoms with Crippen LogP contribution in [-0.2, 0) is 17.5 Å². The summed E-state index contributed by atoms with van der Waals surface area (Å²) < 4.78 is 56.4. The molecule has 10 nitrogen and oxygen atoms in total. The van der Waals surface area contributed by atoms with Crippen LogP contribution in [0.4, 0.5) is 22.4 Å². The maximum Gasteiger partial charge on any atom is 0.416 e. The molecule has 6 rings (SSSR count). The highest BCUT2D eigenvalue weighted by Crippen LogP contribution is 2.38. The predicted molar refractivity (Wildman–Crippen MR) is 145 cm³/mol. The van der Waals surface area contributed by atoms with E-state index in [-0.39, 0.29) is 31.2 Å². The molecule has 14 heteroatoms. The second-order valence-corrected chi connectivity index (χ2v) is 10.4. The third-order valence-corrected chi connectivity index (χ3v) is 7.28. The highest BCUT2D eigenvalue weighted by atomic mass is 19.4. The number of aromatic nitrogens is 5. The molecule has 2 fully saturated rings. The molecule has 4 heterocycles.